The van der Waals surface area contributed by atoms with Gasteiger partial charge < -0.3 is 10.3 Å². The average Bonchev–Trinajstić information content (AvgIpc) is 3.05. The lowest BCUT2D eigenvalue weighted by Gasteiger charge is -2.23. The first-order valence-electron chi connectivity index (χ1n) is 6.71. The second kappa shape index (κ2) is 5.67. The molecule has 0 aromatic carbocycles. The highest BCUT2D eigenvalue weighted by molar-refractivity contribution is 7.10. The summed E-state index contributed by atoms with van der Waals surface area (Å²) in [5, 5.41) is 5.92. The van der Waals surface area contributed by atoms with E-state index >= 15 is 0 Å². The average molecular weight is 261 g/mol. The van der Waals surface area contributed by atoms with Crippen molar-refractivity contribution >= 4 is 11.3 Å². The molecule has 96 valence electrons. The van der Waals surface area contributed by atoms with E-state index in [1.165, 1.54) is 19.3 Å². The van der Waals surface area contributed by atoms with Crippen molar-refractivity contribution < 1.29 is 0 Å². The SMILES string of the molecule is c1c[nH]c(CCCNC2CCCc3sccc32)n1. The molecule has 3 rings (SSSR count). The smallest absolute Gasteiger partial charge is 0.106 e. The summed E-state index contributed by atoms with van der Waals surface area (Å²) in [4.78, 5) is 8.98. The monoisotopic (exact) mass is 261 g/mol. The van der Waals surface area contributed by atoms with Crippen molar-refractivity contribution in [1.82, 2.24) is 15.3 Å². The number of hydrogen-bond donors (Lipinski definition) is 2. The third-order valence-corrected chi connectivity index (χ3v) is 4.58. The highest BCUT2D eigenvalue weighted by Gasteiger charge is 2.20. The van der Waals surface area contributed by atoms with Gasteiger partial charge in [-0.15, -0.1) is 11.3 Å². The van der Waals surface area contributed by atoms with Crippen LogP contribution in [0.5, 0.6) is 0 Å². The molecular formula is C14H19N3S. The lowest BCUT2D eigenvalue weighted by Crippen LogP contribution is -2.25. The van der Waals surface area contributed by atoms with Crippen molar-refractivity contribution in [2.24, 2.45) is 0 Å². The van der Waals surface area contributed by atoms with Crippen LogP contribution in [0.1, 0.15) is 41.6 Å². The molecule has 0 saturated heterocycles. The zero-order valence-corrected chi connectivity index (χ0v) is 11.3. The number of hydrogen-bond acceptors (Lipinski definition) is 3. The Morgan fingerprint density at radius 1 is 1.50 bits per heavy atom. The van der Waals surface area contributed by atoms with Crippen molar-refractivity contribution in [1.29, 1.82) is 0 Å². The predicted molar refractivity (Wildman–Crippen MR) is 74.9 cm³/mol. The number of aromatic amines is 1. The number of nitrogens with one attached hydrogen (secondary N) is 2. The predicted octanol–water partition coefficient (Wildman–Crippen LogP) is 3.07. The van der Waals surface area contributed by atoms with Crippen LogP contribution in [-0.4, -0.2) is 16.5 Å². The molecule has 2 N–H and O–H groups in total. The molecule has 2 heterocycles. The van der Waals surface area contributed by atoms with Gasteiger partial charge in [-0.2, -0.15) is 0 Å². The van der Waals surface area contributed by atoms with Crippen LogP contribution in [0, 0.1) is 0 Å². The second-order valence-electron chi connectivity index (χ2n) is 4.84. The molecule has 1 unspecified atom stereocenters. The Morgan fingerprint density at radius 3 is 3.39 bits per heavy atom. The van der Waals surface area contributed by atoms with Crippen molar-refractivity contribution in [3.63, 3.8) is 0 Å². The number of H-pyrrole nitrogens is 1. The summed E-state index contributed by atoms with van der Waals surface area (Å²) in [7, 11) is 0. The van der Waals surface area contributed by atoms with Crippen LogP contribution >= 0.6 is 11.3 Å². The van der Waals surface area contributed by atoms with Crippen LogP contribution in [0.2, 0.25) is 0 Å². The second-order valence-corrected chi connectivity index (χ2v) is 5.84. The molecule has 1 atom stereocenters. The van der Waals surface area contributed by atoms with Gasteiger partial charge in [-0.25, -0.2) is 4.98 Å². The lowest BCUT2D eigenvalue weighted by atomic mass is 9.94. The van der Waals surface area contributed by atoms with Gasteiger partial charge in [0.05, 0.1) is 0 Å². The molecule has 1 aliphatic carbocycles. The van der Waals surface area contributed by atoms with E-state index in [4.69, 9.17) is 0 Å². The van der Waals surface area contributed by atoms with Gasteiger partial charge in [0.2, 0.25) is 0 Å². The van der Waals surface area contributed by atoms with E-state index in [-0.39, 0.29) is 0 Å². The minimum atomic E-state index is 0.580. The van der Waals surface area contributed by atoms with Gasteiger partial charge in [0.15, 0.2) is 0 Å². The largest absolute Gasteiger partial charge is 0.349 e. The molecule has 0 bridgehead atoms. The Hall–Kier alpha value is -1.13. The fourth-order valence-corrected chi connectivity index (χ4v) is 3.65. The highest BCUT2D eigenvalue weighted by Crippen LogP contribution is 2.33. The first kappa shape index (κ1) is 11.9. The van der Waals surface area contributed by atoms with E-state index < -0.39 is 0 Å². The fourth-order valence-electron chi connectivity index (χ4n) is 2.67. The summed E-state index contributed by atoms with van der Waals surface area (Å²) in [6.45, 7) is 1.07. The standard InChI is InChI=1S/C14H19N3S/c1-3-12(11-6-10-18-13(11)4-1)15-7-2-5-14-16-8-9-17-14/h6,8-10,12,15H,1-5,7H2,(H,16,17). The Bertz CT molecular complexity index is 475. The number of thiophene rings is 1. The van der Waals surface area contributed by atoms with Crippen LogP contribution in [0.4, 0.5) is 0 Å². The fraction of sp³-hybridized carbons (Fsp3) is 0.500. The molecule has 0 fully saturated rings. The van der Waals surface area contributed by atoms with Gasteiger partial charge in [0, 0.05) is 29.7 Å². The zero-order valence-electron chi connectivity index (χ0n) is 10.5. The first-order chi connectivity index (χ1) is 8.93. The number of rotatable bonds is 5. The van der Waals surface area contributed by atoms with Crippen LogP contribution in [0.25, 0.3) is 0 Å². The Balaban J connectivity index is 1.47. The van der Waals surface area contributed by atoms with Gasteiger partial charge in [-0.1, -0.05) is 0 Å². The maximum absolute atomic E-state index is 4.25. The summed E-state index contributed by atoms with van der Waals surface area (Å²) in [6.07, 6.45) is 9.77. The molecule has 3 nitrogen and oxygen atoms in total. The third kappa shape index (κ3) is 2.65. The summed E-state index contributed by atoms with van der Waals surface area (Å²) < 4.78 is 0. The van der Waals surface area contributed by atoms with E-state index in [0.29, 0.717) is 6.04 Å². The topological polar surface area (TPSA) is 40.7 Å². The Labute approximate surface area is 112 Å². The number of nitrogens with zero attached hydrogens (tertiary/aromatic N) is 1. The molecule has 0 amide bonds. The van der Waals surface area contributed by atoms with E-state index in [9.17, 15) is 0 Å². The zero-order chi connectivity index (χ0) is 12.2. The van der Waals surface area contributed by atoms with Crippen molar-refractivity contribution in [3.8, 4) is 0 Å². The summed E-state index contributed by atoms with van der Waals surface area (Å²) in [5.41, 5.74) is 1.55. The van der Waals surface area contributed by atoms with Crippen LogP contribution in [0.3, 0.4) is 0 Å². The number of aromatic nitrogens is 2. The summed E-state index contributed by atoms with van der Waals surface area (Å²) in [5.74, 6) is 1.09. The van der Waals surface area contributed by atoms with Gasteiger partial charge in [-0.3, -0.25) is 0 Å². The lowest BCUT2D eigenvalue weighted by molar-refractivity contribution is 0.458. The molecule has 18 heavy (non-hydrogen) atoms. The van der Waals surface area contributed by atoms with Gasteiger partial charge >= 0.3 is 0 Å². The molecule has 4 heteroatoms. The first-order valence-corrected chi connectivity index (χ1v) is 7.59. The van der Waals surface area contributed by atoms with Crippen molar-refractivity contribution in [2.45, 2.75) is 38.1 Å². The van der Waals surface area contributed by atoms with Crippen molar-refractivity contribution in [2.75, 3.05) is 6.54 Å². The van der Waals surface area contributed by atoms with E-state index in [1.54, 1.807) is 10.4 Å². The van der Waals surface area contributed by atoms with Gasteiger partial charge in [-0.05, 0) is 49.2 Å². The molecule has 0 aliphatic heterocycles. The maximum Gasteiger partial charge on any atom is 0.106 e. The molecule has 0 spiro atoms. The molecule has 2 aromatic heterocycles. The molecular weight excluding hydrogens is 242 g/mol. The number of fused-ring (bicyclic) bond motifs is 1. The Kier molecular flexibility index (Phi) is 3.76. The van der Waals surface area contributed by atoms with E-state index in [0.717, 1.165) is 25.2 Å². The molecule has 0 radical (unpaired) electrons. The van der Waals surface area contributed by atoms with E-state index in [1.807, 2.05) is 23.7 Å². The number of aryl methyl sites for hydroxylation is 2. The van der Waals surface area contributed by atoms with Crippen LogP contribution < -0.4 is 5.32 Å². The van der Waals surface area contributed by atoms with Gasteiger partial charge in [0.25, 0.3) is 0 Å². The molecule has 2 aromatic rings. The Morgan fingerprint density at radius 2 is 2.50 bits per heavy atom. The number of imidazole rings is 1. The quantitative estimate of drug-likeness (QED) is 0.812. The van der Waals surface area contributed by atoms with E-state index in [2.05, 4.69) is 26.7 Å². The minimum Gasteiger partial charge on any atom is -0.349 e. The van der Waals surface area contributed by atoms with Crippen LogP contribution in [-0.2, 0) is 12.8 Å². The maximum atomic E-state index is 4.25. The minimum absolute atomic E-state index is 0.580. The van der Waals surface area contributed by atoms with Crippen molar-refractivity contribution in [3.05, 3.63) is 40.1 Å². The normalized spacial score (nSPS) is 18.8. The van der Waals surface area contributed by atoms with Crippen LogP contribution in [0.15, 0.2) is 23.8 Å². The van der Waals surface area contributed by atoms with Gasteiger partial charge in [0.1, 0.15) is 5.82 Å². The molecule has 1 aliphatic rings. The summed E-state index contributed by atoms with van der Waals surface area (Å²) >= 11 is 1.91. The molecule has 0 saturated carbocycles. The highest BCUT2D eigenvalue weighted by atomic mass is 32.1. The summed E-state index contributed by atoms with van der Waals surface area (Å²) in [6, 6.07) is 2.88. The third-order valence-electron chi connectivity index (χ3n) is 3.59.